The minimum atomic E-state index is -0.456. The number of amides is 1. The minimum Gasteiger partial charge on any atom is -0.444 e. The van der Waals surface area contributed by atoms with Gasteiger partial charge in [-0.15, -0.1) is 11.3 Å². The van der Waals surface area contributed by atoms with E-state index in [2.05, 4.69) is 62.7 Å². The van der Waals surface area contributed by atoms with Crippen molar-refractivity contribution in [3.63, 3.8) is 0 Å². The highest BCUT2D eigenvalue weighted by Gasteiger charge is 2.32. The van der Waals surface area contributed by atoms with Crippen molar-refractivity contribution in [3.8, 4) is 6.07 Å². The molecule has 0 bridgehead atoms. The SMILES string of the molecule is CCCc1ncc(C#N)s1.C\C=C(C(/C(C)=N/C=C/CC)=C(/C)N1CCN(C(=O)OC(C)(C)C)CC1)\C1CC1. The summed E-state index contributed by atoms with van der Waals surface area (Å²) in [6.45, 7) is 19.4. The molecule has 1 aromatic rings. The molecular formula is C31H47N5O2S. The van der Waals surface area contributed by atoms with E-state index in [1.54, 1.807) is 6.20 Å². The van der Waals surface area contributed by atoms with E-state index in [1.165, 1.54) is 41.0 Å². The first-order chi connectivity index (χ1) is 18.5. The fourth-order valence-electron chi connectivity index (χ4n) is 4.39. The number of ether oxygens (including phenoxy) is 1. The van der Waals surface area contributed by atoms with Crippen LogP contribution in [0.2, 0.25) is 0 Å². The van der Waals surface area contributed by atoms with Crippen LogP contribution in [0, 0.1) is 17.2 Å². The first-order valence-electron chi connectivity index (χ1n) is 14.2. The number of rotatable bonds is 8. The third-order valence-corrected chi connectivity index (χ3v) is 7.44. The van der Waals surface area contributed by atoms with E-state index in [0.717, 1.165) is 43.1 Å². The number of carbonyl (C=O) groups excluding carboxylic acids is 1. The Bertz CT molecular complexity index is 1100. The largest absolute Gasteiger partial charge is 0.444 e. The molecule has 7 nitrogen and oxygen atoms in total. The van der Waals surface area contributed by atoms with Gasteiger partial charge in [0.05, 0.1) is 11.2 Å². The molecule has 0 atom stereocenters. The van der Waals surface area contributed by atoms with Crippen molar-refractivity contribution < 1.29 is 9.53 Å². The number of carbonyl (C=O) groups is 1. The van der Waals surface area contributed by atoms with Crippen molar-refractivity contribution in [2.45, 2.75) is 93.1 Å². The lowest BCUT2D eigenvalue weighted by Gasteiger charge is -2.38. The lowest BCUT2D eigenvalue weighted by atomic mass is 9.95. The van der Waals surface area contributed by atoms with Gasteiger partial charge in [0, 0.05) is 49.4 Å². The first-order valence-corrected chi connectivity index (χ1v) is 15.0. The fraction of sp³-hybridized carbons (Fsp3) is 0.613. The second-order valence-corrected chi connectivity index (χ2v) is 12.0. The van der Waals surface area contributed by atoms with Crippen LogP contribution in [0.3, 0.4) is 0 Å². The van der Waals surface area contributed by atoms with E-state index in [1.807, 2.05) is 31.9 Å². The summed E-state index contributed by atoms with van der Waals surface area (Å²) in [5.41, 5.74) is 4.58. The standard InChI is InChI=1S/C24H39N3O2.C7H8N2S/c1-8-10-13-25-18(3)22(21(9-2)20-11-12-20)19(4)26-14-16-27(17-15-26)23(28)29-24(5,6)7;1-2-3-7-9-5-6(4-8)10-7/h9-10,13,20H,8,11-12,14-17H2,1-7H3;5H,2-3H2,1H3/b13-10+,21-9-,22-19-,25-18+;. The van der Waals surface area contributed by atoms with Gasteiger partial charge in [-0.3, -0.25) is 4.99 Å². The maximum Gasteiger partial charge on any atom is 0.410 e. The van der Waals surface area contributed by atoms with Crippen LogP contribution in [-0.2, 0) is 11.2 Å². The number of piperazine rings is 1. The van der Waals surface area contributed by atoms with Gasteiger partial charge in [-0.2, -0.15) is 5.26 Å². The van der Waals surface area contributed by atoms with Crippen LogP contribution in [-0.4, -0.2) is 58.4 Å². The van der Waals surface area contributed by atoms with E-state index < -0.39 is 5.60 Å². The third kappa shape index (κ3) is 10.6. The monoisotopic (exact) mass is 553 g/mol. The summed E-state index contributed by atoms with van der Waals surface area (Å²) >= 11 is 1.49. The Morgan fingerprint density at radius 2 is 1.85 bits per heavy atom. The number of aliphatic imine (C=N–C) groups is 1. The molecule has 3 rings (SSSR count). The summed E-state index contributed by atoms with van der Waals surface area (Å²) in [6.07, 6.45) is 13.3. The van der Waals surface area contributed by atoms with Gasteiger partial charge in [-0.05, 0) is 85.1 Å². The van der Waals surface area contributed by atoms with Gasteiger partial charge in [0.1, 0.15) is 16.5 Å². The number of allylic oxidation sites excluding steroid dienone is 5. The van der Waals surface area contributed by atoms with Gasteiger partial charge < -0.3 is 14.5 Å². The fourth-order valence-corrected chi connectivity index (χ4v) is 5.21. The molecular weight excluding hydrogens is 506 g/mol. The minimum absolute atomic E-state index is 0.214. The van der Waals surface area contributed by atoms with E-state index in [-0.39, 0.29) is 6.09 Å². The molecule has 0 unspecified atom stereocenters. The van der Waals surface area contributed by atoms with Crippen LogP contribution in [0.4, 0.5) is 4.79 Å². The van der Waals surface area contributed by atoms with Crippen molar-refractivity contribution in [1.82, 2.24) is 14.8 Å². The predicted molar refractivity (Wildman–Crippen MR) is 162 cm³/mol. The molecule has 1 aromatic heterocycles. The van der Waals surface area contributed by atoms with E-state index in [4.69, 9.17) is 15.0 Å². The Kier molecular flexibility index (Phi) is 12.9. The van der Waals surface area contributed by atoms with Gasteiger partial charge in [-0.25, -0.2) is 9.78 Å². The number of hydrogen-bond acceptors (Lipinski definition) is 7. The van der Waals surface area contributed by atoms with E-state index in [9.17, 15) is 4.79 Å². The maximum atomic E-state index is 12.4. The van der Waals surface area contributed by atoms with E-state index >= 15 is 0 Å². The van der Waals surface area contributed by atoms with Crippen molar-refractivity contribution in [2.75, 3.05) is 26.2 Å². The van der Waals surface area contributed by atoms with E-state index in [0.29, 0.717) is 23.9 Å². The summed E-state index contributed by atoms with van der Waals surface area (Å²) in [5, 5.41) is 9.51. The first kappa shape index (κ1) is 32.3. The molecule has 1 amide bonds. The smallest absolute Gasteiger partial charge is 0.410 e. The molecule has 1 saturated carbocycles. The third-order valence-electron chi connectivity index (χ3n) is 6.48. The molecule has 2 heterocycles. The topological polar surface area (TPSA) is 81.8 Å². The Hall–Kier alpha value is -2.92. The molecule has 8 heteroatoms. The zero-order valence-corrected chi connectivity index (χ0v) is 26.0. The zero-order valence-electron chi connectivity index (χ0n) is 25.2. The van der Waals surface area contributed by atoms with Gasteiger partial charge in [0.2, 0.25) is 0 Å². The molecule has 1 aliphatic carbocycles. The number of aryl methyl sites for hydroxylation is 1. The zero-order chi connectivity index (χ0) is 29.0. The summed E-state index contributed by atoms with van der Waals surface area (Å²) in [4.78, 5) is 26.1. The van der Waals surface area contributed by atoms with Crippen molar-refractivity contribution in [2.24, 2.45) is 10.9 Å². The van der Waals surface area contributed by atoms with Crippen LogP contribution in [0.5, 0.6) is 0 Å². The predicted octanol–water partition coefficient (Wildman–Crippen LogP) is 7.52. The average Bonchev–Trinajstić information content (AvgIpc) is 3.64. The number of thiazole rings is 1. The molecule has 2 fully saturated rings. The number of aromatic nitrogens is 1. The number of hydrogen-bond donors (Lipinski definition) is 0. The summed E-state index contributed by atoms with van der Waals surface area (Å²) in [5.74, 6) is 0.660. The molecule has 39 heavy (non-hydrogen) atoms. The Morgan fingerprint density at radius 3 is 2.33 bits per heavy atom. The highest BCUT2D eigenvalue weighted by molar-refractivity contribution is 7.12. The maximum absolute atomic E-state index is 12.4. The molecule has 1 aliphatic heterocycles. The Balaban J connectivity index is 0.000000446. The number of nitriles is 1. The molecule has 214 valence electrons. The second kappa shape index (κ2) is 15.6. The van der Waals surface area contributed by atoms with Crippen molar-refractivity contribution >= 4 is 23.1 Å². The van der Waals surface area contributed by atoms with Crippen LogP contribution >= 0.6 is 11.3 Å². The second-order valence-electron chi connectivity index (χ2n) is 10.9. The Labute approximate surface area is 240 Å². The molecule has 0 radical (unpaired) electrons. The van der Waals surface area contributed by atoms with Crippen LogP contribution in [0.1, 0.15) is 91.0 Å². The van der Waals surface area contributed by atoms with Crippen molar-refractivity contribution in [1.29, 1.82) is 5.26 Å². The summed E-state index contributed by atoms with van der Waals surface area (Å²) in [6, 6.07) is 2.06. The molecule has 2 aliphatic rings. The average molecular weight is 554 g/mol. The summed E-state index contributed by atoms with van der Waals surface area (Å²) in [7, 11) is 0. The normalized spacial score (nSPS) is 17.4. The van der Waals surface area contributed by atoms with Gasteiger partial charge in [-0.1, -0.05) is 26.0 Å². The number of nitrogens with zero attached hydrogens (tertiary/aromatic N) is 5. The van der Waals surface area contributed by atoms with Gasteiger partial charge in [0.15, 0.2) is 0 Å². The molecule has 1 saturated heterocycles. The van der Waals surface area contributed by atoms with Crippen LogP contribution in [0.25, 0.3) is 0 Å². The lowest BCUT2D eigenvalue weighted by molar-refractivity contribution is 0.0168. The molecule has 0 N–H and O–H groups in total. The lowest BCUT2D eigenvalue weighted by Crippen LogP contribution is -2.49. The molecule has 0 aromatic carbocycles. The van der Waals surface area contributed by atoms with Gasteiger partial charge in [0.25, 0.3) is 0 Å². The Morgan fingerprint density at radius 1 is 1.21 bits per heavy atom. The quantitative estimate of drug-likeness (QED) is 0.246. The van der Waals surface area contributed by atoms with Crippen LogP contribution < -0.4 is 0 Å². The van der Waals surface area contributed by atoms with Gasteiger partial charge >= 0.3 is 6.09 Å². The summed E-state index contributed by atoms with van der Waals surface area (Å²) < 4.78 is 5.53. The van der Waals surface area contributed by atoms with Crippen molar-refractivity contribution in [3.05, 3.63) is 51.3 Å². The highest BCUT2D eigenvalue weighted by Crippen LogP contribution is 2.41. The highest BCUT2D eigenvalue weighted by atomic mass is 32.1. The molecule has 0 spiro atoms. The van der Waals surface area contributed by atoms with Crippen LogP contribution in [0.15, 0.2) is 46.4 Å².